The minimum atomic E-state index is -3.18. The number of nitro groups is 1. The Morgan fingerprint density at radius 2 is 2.17 bits per heavy atom. The molecule has 0 aliphatic rings. The number of rotatable bonds is 4. The molecule has 1 aromatic carbocycles. The van der Waals surface area contributed by atoms with E-state index in [-0.39, 0.29) is 5.69 Å². The van der Waals surface area contributed by atoms with E-state index >= 15 is 0 Å². The summed E-state index contributed by atoms with van der Waals surface area (Å²) in [5.74, 6) is -1.54. The maximum Gasteiger partial charge on any atom is 0.388 e. The lowest BCUT2D eigenvalue weighted by Gasteiger charge is -2.04. The Bertz CT molecular complexity index is 832. The summed E-state index contributed by atoms with van der Waals surface area (Å²) in [5.41, 5.74) is -1.90. The highest BCUT2D eigenvalue weighted by atomic mass is 35.5. The number of halogens is 4. The van der Waals surface area contributed by atoms with Crippen LogP contribution in [0.15, 0.2) is 12.1 Å². The first-order chi connectivity index (χ1) is 10.8. The van der Waals surface area contributed by atoms with Crippen LogP contribution in [-0.2, 0) is 7.05 Å². The Morgan fingerprint density at radius 3 is 2.70 bits per heavy atom. The Morgan fingerprint density at radius 1 is 1.52 bits per heavy atom. The summed E-state index contributed by atoms with van der Waals surface area (Å²) < 4.78 is 43.7. The lowest BCUT2D eigenvalue weighted by Crippen LogP contribution is -2.06. The molecule has 23 heavy (non-hydrogen) atoms. The fraction of sp³-hybridized carbons (Fsp3) is 0.167. The highest BCUT2D eigenvalue weighted by Crippen LogP contribution is 2.38. The van der Waals surface area contributed by atoms with E-state index in [0.29, 0.717) is 6.07 Å². The lowest BCUT2D eigenvalue weighted by atomic mass is 10.1. The predicted molar refractivity (Wildman–Crippen MR) is 71.6 cm³/mol. The summed E-state index contributed by atoms with van der Waals surface area (Å²) in [6.07, 6.45) is 0. The van der Waals surface area contributed by atoms with Gasteiger partial charge in [0.15, 0.2) is 0 Å². The average molecular weight is 347 g/mol. The molecule has 0 aliphatic carbocycles. The quantitative estimate of drug-likeness (QED) is 0.625. The van der Waals surface area contributed by atoms with Gasteiger partial charge in [0.1, 0.15) is 28.2 Å². The summed E-state index contributed by atoms with van der Waals surface area (Å²) in [6, 6.07) is 2.89. The molecule has 1 heterocycles. The van der Waals surface area contributed by atoms with Gasteiger partial charge in [0.05, 0.1) is 4.92 Å². The van der Waals surface area contributed by atoms with Crippen molar-refractivity contribution < 1.29 is 22.8 Å². The van der Waals surface area contributed by atoms with Crippen molar-refractivity contribution in [2.75, 3.05) is 0 Å². The molecule has 0 fully saturated rings. The molecule has 0 atom stereocenters. The van der Waals surface area contributed by atoms with Crippen LogP contribution in [0.1, 0.15) is 5.56 Å². The third kappa shape index (κ3) is 3.04. The second kappa shape index (κ2) is 6.13. The summed E-state index contributed by atoms with van der Waals surface area (Å²) >= 11 is 5.84. The lowest BCUT2D eigenvalue weighted by molar-refractivity contribution is -0.385. The zero-order valence-electron chi connectivity index (χ0n) is 11.3. The van der Waals surface area contributed by atoms with E-state index in [4.69, 9.17) is 16.9 Å². The van der Waals surface area contributed by atoms with Crippen molar-refractivity contribution >= 4 is 17.3 Å². The van der Waals surface area contributed by atoms with Crippen LogP contribution in [0, 0.1) is 27.3 Å². The van der Waals surface area contributed by atoms with Gasteiger partial charge < -0.3 is 4.74 Å². The third-order valence-electron chi connectivity index (χ3n) is 2.80. The van der Waals surface area contributed by atoms with E-state index in [1.165, 1.54) is 13.1 Å². The Labute approximate surface area is 131 Å². The van der Waals surface area contributed by atoms with E-state index in [1.54, 1.807) is 0 Å². The molecule has 2 aromatic rings. The molecule has 0 saturated heterocycles. The zero-order valence-corrected chi connectivity index (χ0v) is 12.0. The van der Waals surface area contributed by atoms with Crippen molar-refractivity contribution in [3.63, 3.8) is 0 Å². The number of hydrogen-bond donors (Lipinski definition) is 0. The van der Waals surface area contributed by atoms with Gasteiger partial charge in [-0.05, 0) is 6.07 Å². The standard InChI is InChI=1S/C12H6ClF3N4O3/c1-19-11(23-12(15)16)9(13)10(18-19)6-3-8(20(21)22)5(4-17)2-7(6)14/h2-3,12H,1H3. The number of nitro benzene ring substituents is 1. The molecule has 11 heteroatoms. The van der Waals surface area contributed by atoms with Gasteiger partial charge in [0.25, 0.3) is 5.69 Å². The van der Waals surface area contributed by atoms with Crippen LogP contribution in [0.2, 0.25) is 5.02 Å². The molecule has 0 saturated carbocycles. The second-order valence-electron chi connectivity index (χ2n) is 4.19. The molecule has 0 aliphatic heterocycles. The highest BCUT2D eigenvalue weighted by molar-refractivity contribution is 6.34. The maximum atomic E-state index is 14.1. The first-order valence-electron chi connectivity index (χ1n) is 5.82. The Kier molecular flexibility index (Phi) is 4.42. The summed E-state index contributed by atoms with van der Waals surface area (Å²) in [4.78, 5) is 10.0. The largest absolute Gasteiger partial charge is 0.416 e. The fourth-order valence-corrected chi connectivity index (χ4v) is 2.16. The van der Waals surface area contributed by atoms with Gasteiger partial charge in [-0.2, -0.15) is 19.1 Å². The number of benzene rings is 1. The number of alkyl halides is 2. The van der Waals surface area contributed by atoms with Crippen molar-refractivity contribution in [2.24, 2.45) is 7.05 Å². The van der Waals surface area contributed by atoms with Crippen LogP contribution in [0.5, 0.6) is 5.88 Å². The van der Waals surface area contributed by atoms with Gasteiger partial charge in [0, 0.05) is 18.7 Å². The summed E-state index contributed by atoms with van der Waals surface area (Å²) in [7, 11) is 1.23. The number of hydrogen-bond acceptors (Lipinski definition) is 5. The van der Waals surface area contributed by atoms with Gasteiger partial charge in [0.2, 0.25) is 5.88 Å². The first kappa shape index (κ1) is 16.6. The smallest absolute Gasteiger partial charge is 0.388 e. The second-order valence-corrected chi connectivity index (χ2v) is 4.57. The SMILES string of the molecule is Cn1nc(-c2cc([N+](=O)[O-])c(C#N)cc2F)c(Cl)c1OC(F)F. The topological polar surface area (TPSA) is 94.0 Å². The van der Waals surface area contributed by atoms with Gasteiger partial charge in [-0.15, -0.1) is 0 Å². The molecule has 2 rings (SSSR count). The van der Waals surface area contributed by atoms with Crippen molar-refractivity contribution in [2.45, 2.75) is 6.61 Å². The van der Waals surface area contributed by atoms with Crippen LogP contribution in [0.25, 0.3) is 11.3 Å². The number of nitriles is 1. The van der Waals surface area contributed by atoms with Crippen molar-refractivity contribution in [1.82, 2.24) is 9.78 Å². The van der Waals surface area contributed by atoms with E-state index in [9.17, 15) is 23.3 Å². The van der Waals surface area contributed by atoms with Crippen LogP contribution in [0.3, 0.4) is 0 Å². The maximum absolute atomic E-state index is 14.1. The number of aryl methyl sites for hydroxylation is 1. The van der Waals surface area contributed by atoms with Gasteiger partial charge >= 0.3 is 6.61 Å². The average Bonchev–Trinajstić information content (AvgIpc) is 2.74. The molecule has 0 amide bonds. The van der Waals surface area contributed by atoms with Crippen molar-refractivity contribution in [1.29, 1.82) is 5.26 Å². The number of aromatic nitrogens is 2. The molecule has 0 N–H and O–H groups in total. The first-order valence-corrected chi connectivity index (χ1v) is 6.19. The normalized spacial score (nSPS) is 10.7. The molecule has 7 nitrogen and oxygen atoms in total. The van der Waals surface area contributed by atoms with E-state index in [0.717, 1.165) is 10.7 Å². The van der Waals surface area contributed by atoms with Crippen LogP contribution >= 0.6 is 11.6 Å². The number of ether oxygens (including phenoxy) is 1. The van der Waals surface area contributed by atoms with Gasteiger partial charge in [-0.3, -0.25) is 10.1 Å². The molecule has 120 valence electrons. The summed E-state index contributed by atoms with van der Waals surface area (Å²) in [6.45, 7) is -3.18. The molecule has 0 bridgehead atoms. The Balaban J connectivity index is 2.66. The van der Waals surface area contributed by atoms with Gasteiger partial charge in [-0.25, -0.2) is 9.07 Å². The molecule has 0 spiro atoms. The third-order valence-corrected chi connectivity index (χ3v) is 3.14. The van der Waals surface area contributed by atoms with Crippen LogP contribution in [-0.4, -0.2) is 21.3 Å². The number of nitrogens with zero attached hydrogens (tertiary/aromatic N) is 4. The summed E-state index contributed by atoms with van der Waals surface area (Å²) in [5, 5.41) is 23.0. The molecular formula is C12H6ClF3N4O3. The van der Waals surface area contributed by atoms with E-state index in [1.807, 2.05) is 0 Å². The van der Waals surface area contributed by atoms with E-state index < -0.39 is 45.1 Å². The predicted octanol–water partition coefficient (Wildman–Crippen LogP) is 3.26. The van der Waals surface area contributed by atoms with E-state index in [2.05, 4.69) is 9.84 Å². The zero-order chi connectivity index (χ0) is 17.3. The minimum absolute atomic E-state index is 0.324. The van der Waals surface area contributed by atoms with Crippen molar-refractivity contribution in [3.05, 3.63) is 38.7 Å². The molecule has 1 aromatic heterocycles. The monoisotopic (exact) mass is 346 g/mol. The van der Waals surface area contributed by atoms with Crippen LogP contribution < -0.4 is 4.74 Å². The van der Waals surface area contributed by atoms with Gasteiger partial charge in [-0.1, -0.05) is 11.6 Å². The van der Waals surface area contributed by atoms with Crippen molar-refractivity contribution in [3.8, 4) is 23.2 Å². The molecule has 0 radical (unpaired) electrons. The molecular weight excluding hydrogens is 341 g/mol. The Hall–Kier alpha value is -2.80. The fourth-order valence-electron chi connectivity index (χ4n) is 1.85. The highest BCUT2D eigenvalue weighted by Gasteiger charge is 2.26. The minimum Gasteiger partial charge on any atom is -0.416 e. The molecule has 0 unspecified atom stereocenters. The van der Waals surface area contributed by atoms with Crippen LogP contribution in [0.4, 0.5) is 18.9 Å².